The second-order valence-corrected chi connectivity index (χ2v) is 6.43. The summed E-state index contributed by atoms with van der Waals surface area (Å²) >= 11 is 5.87. The molecule has 0 bridgehead atoms. The van der Waals surface area contributed by atoms with Crippen LogP contribution in [0.15, 0.2) is 24.3 Å². The van der Waals surface area contributed by atoms with E-state index in [0.29, 0.717) is 30.2 Å². The van der Waals surface area contributed by atoms with Crippen molar-refractivity contribution in [2.75, 3.05) is 18.4 Å². The van der Waals surface area contributed by atoms with Crippen molar-refractivity contribution in [1.82, 2.24) is 9.80 Å². The number of urea groups is 1. The Morgan fingerprint density at radius 2 is 1.86 bits per heavy atom. The van der Waals surface area contributed by atoms with Gasteiger partial charge in [0.25, 0.3) is 0 Å². The molecule has 114 valence electrons. The fourth-order valence-corrected chi connectivity index (χ4v) is 3.31. The highest BCUT2D eigenvalue weighted by atomic mass is 35.5. The van der Waals surface area contributed by atoms with E-state index in [1.54, 1.807) is 29.2 Å². The number of likely N-dealkylation sites (tertiary alicyclic amines) is 2. The number of nitrogens with one attached hydrogen (secondary N) is 1. The molecule has 2 atom stereocenters. The van der Waals surface area contributed by atoms with Crippen molar-refractivity contribution in [2.24, 2.45) is 11.8 Å². The van der Waals surface area contributed by atoms with Crippen molar-refractivity contribution in [3.63, 3.8) is 0 Å². The second-order valence-electron chi connectivity index (χ2n) is 5.99. The molecule has 1 saturated carbocycles. The van der Waals surface area contributed by atoms with E-state index in [1.165, 1.54) is 4.90 Å². The van der Waals surface area contributed by atoms with Gasteiger partial charge in [0.05, 0.1) is 17.9 Å². The maximum absolute atomic E-state index is 12.1. The van der Waals surface area contributed by atoms with Gasteiger partial charge in [0.1, 0.15) is 0 Å². The molecule has 2 saturated heterocycles. The Bertz CT molecular complexity index is 666. The number of benzene rings is 1. The fourth-order valence-electron chi connectivity index (χ4n) is 3.12. The number of carbonyl (C=O) groups excluding carboxylic acids is 3. The van der Waals surface area contributed by atoms with Crippen LogP contribution in [0.5, 0.6) is 0 Å². The highest BCUT2D eigenvalue weighted by Gasteiger charge is 2.61. The van der Waals surface area contributed by atoms with E-state index < -0.39 is 0 Å². The summed E-state index contributed by atoms with van der Waals surface area (Å²) in [6.07, 6.45) is 0.708. The van der Waals surface area contributed by atoms with Crippen molar-refractivity contribution in [3.8, 4) is 0 Å². The van der Waals surface area contributed by atoms with Gasteiger partial charge in [0.15, 0.2) is 0 Å². The Morgan fingerprint density at radius 1 is 1.18 bits per heavy atom. The highest BCUT2D eigenvalue weighted by molar-refractivity contribution is 6.30. The Labute approximate surface area is 132 Å². The van der Waals surface area contributed by atoms with E-state index in [1.807, 2.05) is 0 Å². The zero-order valence-corrected chi connectivity index (χ0v) is 12.4. The fraction of sp³-hybridized carbons (Fsp3) is 0.400. The van der Waals surface area contributed by atoms with Crippen LogP contribution in [0.1, 0.15) is 6.42 Å². The van der Waals surface area contributed by atoms with E-state index in [4.69, 9.17) is 11.6 Å². The van der Waals surface area contributed by atoms with Crippen LogP contribution in [-0.2, 0) is 9.59 Å². The molecule has 2 unspecified atom stereocenters. The van der Waals surface area contributed by atoms with Crippen LogP contribution < -0.4 is 5.32 Å². The second kappa shape index (κ2) is 4.71. The van der Waals surface area contributed by atoms with E-state index in [2.05, 4.69) is 5.32 Å². The largest absolute Gasteiger partial charge is 0.321 e. The number of halogens is 1. The summed E-state index contributed by atoms with van der Waals surface area (Å²) in [5.74, 6) is -0.284. The SMILES string of the molecule is O=C(Nc1cccc(Cl)c1)N1CC(N2C(=O)C3CC3C2=O)C1. The average Bonchev–Trinajstić information content (AvgIpc) is 3.16. The third-order valence-electron chi connectivity index (χ3n) is 4.49. The molecule has 0 radical (unpaired) electrons. The standard InChI is InChI=1S/C15H14ClN3O3/c16-8-2-1-3-9(4-8)17-15(22)18-6-10(7-18)19-13(20)11-5-12(11)14(19)21/h1-4,10-12H,5-7H2,(H,17,22). The third-order valence-corrected chi connectivity index (χ3v) is 4.73. The Morgan fingerprint density at radius 3 is 2.50 bits per heavy atom. The monoisotopic (exact) mass is 319 g/mol. The zero-order chi connectivity index (χ0) is 15.4. The van der Waals surface area contributed by atoms with Crippen LogP contribution in [0.25, 0.3) is 0 Å². The predicted molar refractivity (Wildman–Crippen MR) is 79.3 cm³/mol. The average molecular weight is 320 g/mol. The van der Waals surface area contributed by atoms with Crippen LogP contribution in [-0.4, -0.2) is 46.8 Å². The summed E-state index contributed by atoms with van der Waals surface area (Å²) in [5, 5.41) is 3.30. The topological polar surface area (TPSA) is 69.7 Å². The number of rotatable bonds is 2. The summed E-state index contributed by atoms with van der Waals surface area (Å²) in [4.78, 5) is 39.0. The quantitative estimate of drug-likeness (QED) is 0.841. The lowest BCUT2D eigenvalue weighted by Crippen LogP contribution is -2.63. The zero-order valence-electron chi connectivity index (χ0n) is 11.7. The third kappa shape index (κ3) is 2.06. The van der Waals surface area contributed by atoms with Gasteiger partial charge in [-0.15, -0.1) is 0 Å². The summed E-state index contributed by atoms with van der Waals surface area (Å²) in [7, 11) is 0. The first kappa shape index (κ1) is 13.6. The maximum atomic E-state index is 12.1. The summed E-state index contributed by atoms with van der Waals surface area (Å²) < 4.78 is 0. The number of fused-ring (bicyclic) bond motifs is 1. The Balaban J connectivity index is 1.34. The first-order valence-electron chi connectivity index (χ1n) is 7.23. The van der Waals surface area contributed by atoms with Gasteiger partial charge in [-0.3, -0.25) is 14.5 Å². The number of imide groups is 1. The predicted octanol–water partition coefficient (Wildman–Crippen LogP) is 1.56. The molecule has 4 amide bonds. The molecule has 1 aromatic rings. The molecule has 1 aliphatic carbocycles. The van der Waals surface area contributed by atoms with Crippen molar-refractivity contribution >= 4 is 35.1 Å². The van der Waals surface area contributed by atoms with Gasteiger partial charge in [-0.1, -0.05) is 17.7 Å². The number of piperidine rings is 1. The van der Waals surface area contributed by atoms with Crippen LogP contribution in [0.4, 0.5) is 10.5 Å². The van der Waals surface area contributed by atoms with Crippen LogP contribution in [0, 0.1) is 11.8 Å². The first-order valence-corrected chi connectivity index (χ1v) is 7.61. The lowest BCUT2D eigenvalue weighted by Gasteiger charge is -2.43. The molecule has 0 aromatic heterocycles. The molecular formula is C15H14ClN3O3. The van der Waals surface area contributed by atoms with Gasteiger partial charge in [-0.2, -0.15) is 0 Å². The highest BCUT2D eigenvalue weighted by Crippen LogP contribution is 2.48. The van der Waals surface area contributed by atoms with Gasteiger partial charge in [0, 0.05) is 23.8 Å². The number of hydrogen-bond donors (Lipinski definition) is 1. The molecule has 1 N–H and O–H groups in total. The molecule has 2 heterocycles. The van der Waals surface area contributed by atoms with Crippen LogP contribution in [0.3, 0.4) is 0 Å². The minimum atomic E-state index is -0.247. The number of carbonyl (C=O) groups is 3. The molecule has 1 aromatic carbocycles. The van der Waals surface area contributed by atoms with Crippen molar-refractivity contribution in [2.45, 2.75) is 12.5 Å². The molecule has 4 rings (SSSR count). The Hall–Kier alpha value is -2.08. The maximum Gasteiger partial charge on any atom is 0.321 e. The Kier molecular flexibility index (Phi) is 2.91. The lowest BCUT2D eigenvalue weighted by atomic mass is 10.1. The van der Waals surface area contributed by atoms with Gasteiger partial charge in [0.2, 0.25) is 11.8 Å². The van der Waals surface area contributed by atoms with Gasteiger partial charge >= 0.3 is 6.03 Å². The molecule has 3 fully saturated rings. The van der Waals surface area contributed by atoms with Gasteiger partial charge in [-0.25, -0.2) is 4.79 Å². The number of nitrogens with zero attached hydrogens (tertiary/aromatic N) is 2. The van der Waals surface area contributed by atoms with Crippen LogP contribution in [0.2, 0.25) is 5.02 Å². The lowest BCUT2D eigenvalue weighted by molar-refractivity contribution is -0.147. The number of amides is 4. The van der Waals surface area contributed by atoms with E-state index >= 15 is 0 Å². The van der Waals surface area contributed by atoms with Gasteiger partial charge < -0.3 is 10.2 Å². The van der Waals surface area contributed by atoms with E-state index in [9.17, 15) is 14.4 Å². The number of anilines is 1. The van der Waals surface area contributed by atoms with E-state index in [-0.39, 0.29) is 35.7 Å². The summed E-state index contributed by atoms with van der Waals surface area (Å²) in [6.45, 7) is 0.784. The molecule has 7 heteroatoms. The molecule has 2 aliphatic heterocycles. The van der Waals surface area contributed by atoms with E-state index in [0.717, 1.165) is 0 Å². The minimum Gasteiger partial charge on any atom is -0.320 e. The number of hydrogen-bond acceptors (Lipinski definition) is 3. The summed E-state index contributed by atoms with van der Waals surface area (Å²) in [5.41, 5.74) is 0.621. The molecular weight excluding hydrogens is 306 g/mol. The minimum absolute atomic E-state index is 0.0603. The van der Waals surface area contributed by atoms with Crippen LogP contribution >= 0.6 is 11.6 Å². The smallest absolute Gasteiger partial charge is 0.320 e. The normalized spacial score (nSPS) is 26.8. The first-order chi connectivity index (χ1) is 10.5. The summed E-state index contributed by atoms with van der Waals surface area (Å²) in [6, 6.07) is 6.48. The van der Waals surface area contributed by atoms with Crippen molar-refractivity contribution < 1.29 is 14.4 Å². The molecule has 22 heavy (non-hydrogen) atoms. The van der Waals surface area contributed by atoms with Crippen molar-refractivity contribution in [1.29, 1.82) is 0 Å². The van der Waals surface area contributed by atoms with Crippen molar-refractivity contribution in [3.05, 3.63) is 29.3 Å². The molecule has 6 nitrogen and oxygen atoms in total. The van der Waals surface area contributed by atoms with Gasteiger partial charge in [-0.05, 0) is 24.6 Å². The molecule has 0 spiro atoms. The molecule has 3 aliphatic rings.